The van der Waals surface area contributed by atoms with E-state index in [0.717, 1.165) is 0 Å². The van der Waals surface area contributed by atoms with Gasteiger partial charge in [-0.25, -0.2) is 0 Å². The van der Waals surface area contributed by atoms with E-state index in [1.54, 1.807) is 0 Å². The van der Waals surface area contributed by atoms with Crippen molar-refractivity contribution in [2.24, 2.45) is 0 Å². The molecule has 1 heterocycles. The zero-order valence-electron chi connectivity index (χ0n) is 5.47. The van der Waals surface area contributed by atoms with Crippen LogP contribution in [-0.4, -0.2) is 45.7 Å². The maximum atomic E-state index is 8.74. The Bertz CT molecular complexity index is 108. The average molecular weight is 168 g/mol. The van der Waals surface area contributed by atoms with Gasteiger partial charge in [-0.15, -0.1) is 0 Å². The molecule has 1 rings (SSSR count). The van der Waals surface area contributed by atoms with E-state index in [4.69, 9.17) is 19.4 Å². The van der Waals surface area contributed by atoms with Crippen LogP contribution in [0.15, 0.2) is 0 Å². The Hall–Kier alpha value is 0.230. The molecule has 0 spiro atoms. The molecule has 0 atom stereocenters. The zero-order valence-corrected chi connectivity index (χ0v) is 6.37. The number of rotatable bonds is 1. The molecule has 6 heteroatoms. The quantitative estimate of drug-likeness (QED) is 0.437. The van der Waals surface area contributed by atoms with Crippen molar-refractivity contribution in [1.29, 1.82) is 0 Å². The van der Waals surface area contributed by atoms with Crippen molar-refractivity contribution in [1.82, 2.24) is 4.67 Å². The van der Waals surface area contributed by atoms with Crippen molar-refractivity contribution < 1.29 is 19.4 Å². The predicted octanol–water partition coefficient (Wildman–Crippen LogP) is -1.03. The predicted molar refractivity (Wildman–Crippen MR) is 36.0 cm³/mol. The SMILES string of the molecule is O[P+](O)(O)N1CCOCC1. The molecule has 0 unspecified atom stereocenters. The Morgan fingerprint density at radius 2 is 1.60 bits per heavy atom. The number of hydrogen-bond donors (Lipinski definition) is 3. The molecule has 5 nitrogen and oxygen atoms in total. The van der Waals surface area contributed by atoms with Gasteiger partial charge in [-0.3, -0.25) is 0 Å². The molecule has 1 saturated heterocycles. The van der Waals surface area contributed by atoms with Crippen LogP contribution in [0, 0.1) is 0 Å². The summed E-state index contributed by atoms with van der Waals surface area (Å²) in [5.74, 6) is 0. The molecule has 0 amide bonds. The highest BCUT2D eigenvalue weighted by molar-refractivity contribution is 7.56. The first-order valence-electron chi connectivity index (χ1n) is 3.01. The number of ether oxygens (including phenoxy) is 1. The lowest BCUT2D eigenvalue weighted by atomic mass is 10.5. The smallest absolute Gasteiger partial charge is 0.378 e. The van der Waals surface area contributed by atoms with Gasteiger partial charge in [0.25, 0.3) is 0 Å². The van der Waals surface area contributed by atoms with Crippen LogP contribution in [0.5, 0.6) is 0 Å². The summed E-state index contributed by atoms with van der Waals surface area (Å²) in [5.41, 5.74) is 0. The molecule has 0 aromatic rings. The highest BCUT2D eigenvalue weighted by Crippen LogP contribution is 2.48. The van der Waals surface area contributed by atoms with E-state index < -0.39 is 8.09 Å². The first kappa shape index (κ1) is 8.33. The van der Waals surface area contributed by atoms with E-state index in [1.807, 2.05) is 0 Å². The maximum absolute atomic E-state index is 8.74. The number of hydrogen-bond acceptors (Lipinski definition) is 5. The normalized spacial score (nSPS) is 23.1. The summed E-state index contributed by atoms with van der Waals surface area (Å²) < 4.78 is 6.17. The molecule has 0 bridgehead atoms. The minimum atomic E-state index is -3.74. The van der Waals surface area contributed by atoms with Crippen LogP contribution >= 0.6 is 8.09 Å². The molecule has 0 saturated carbocycles. The van der Waals surface area contributed by atoms with E-state index in [1.165, 1.54) is 4.67 Å². The van der Waals surface area contributed by atoms with E-state index in [9.17, 15) is 0 Å². The fraction of sp³-hybridized carbons (Fsp3) is 1.00. The minimum Gasteiger partial charge on any atom is -0.378 e. The molecule has 0 aromatic heterocycles. The van der Waals surface area contributed by atoms with Gasteiger partial charge in [-0.1, -0.05) is 4.67 Å². The molecule has 1 aliphatic heterocycles. The lowest BCUT2D eigenvalue weighted by Crippen LogP contribution is -2.35. The van der Waals surface area contributed by atoms with Crippen molar-refractivity contribution in [2.75, 3.05) is 26.3 Å². The van der Waals surface area contributed by atoms with Gasteiger partial charge >= 0.3 is 8.09 Å². The van der Waals surface area contributed by atoms with Crippen molar-refractivity contribution in [3.63, 3.8) is 0 Å². The molecule has 0 aliphatic carbocycles. The maximum Gasteiger partial charge on any atom is 0.496 e. The van der Waals surface area contributed by atoms with Gasteiger partial charge in [0.05, 0.1) is 26.3 Å². The van der Waals surface area contributed by atoms with Crippen molar-refractivity contribution >= 4 is 8.09 Å². The third-order valence-corrected chi connectivity index (χ3v) is 2.53. The fourth-order valence-electron chi connectivity index (χ4n) is 0.822. The van der Waals surface area contributed by atoms with E-state index in [2.05, 4.69) is 0 Å². The van der Waals surface area contributed by atoms with Crippen LogP contribution < -0.4 is 0 Å². The fourth-order valence-corrected chi connectivity index (χ4v) is 1.52. The van der Waals surface area contributed by atoms with Crippen molar-refractivity contribution in [2.45, 2.75) is 0 Å². The average Bonchev–Trinajstić information content (AvgIpc) is 1.88. The van der Waals surface area contributed by atoms with E-state index >= 15 is 0 Å². The standard InChI is InChI=1S/C4H11NO4P/c6-10(7,8)5-1-3-9-4-2-5/h6-8H,1-4H2/q+1. The summed E-state index contributed by atoms with van der Waals surface area (Å²) in [6, 6.07) is 0. The van der Waals surface area contributed by atoms with Crippen LogP contribution in [0.4, 0.5) is 0 Å². The van der Waals surface area contributed by atoms with E-state index in [0.29, 0.717) is 26.3 Å². The van der Waals surface area contributed by atoms with Gasteiger partial charge in [0, 0.05) is 0 Å². The molecule has 3 N–H and O–H groups in total. The third kappa shape index (κ3) is 2.12. The molecule has 10 heavy (non-hydrogen) atoms. The lowest BCUT2D eigenvalue weighted by molar-refractivity contribution is 0.0549. The highest BCUT2D eigenvalue weighted by Gasteiger charge is 2.41. The van der Waals surface area contributed by atoms with Gasteiger partial charge in [-0.2, -0.15) is 14.7 Å². The molecule has 1 fully saturated rings. The lowest BCUT2D eigenvalue weighted by Gasteiger charge is -2.23. The summed E-state index contributed by atoms with van der Waals surface area (Å²) in [4.78, 5) is 26.2. The van der Waals surface area contributed by atoms with Crippen molar-refractivity contribution in [3.05, 3.63) is 0 Å². The second-order valence-corrected chi connectivity index (χ2v) is 3.74. The first-order chi connectivity index (χ1) is 4.61. The molecular formula is C4H11NO4P+. The van der Waals surface area contributed by atoms with Gasteiger partial charge in [-0.05, 0) is 0 Å². The summed E-state index contributed by atoms with van der Waals surface area (Å²) >= 11 is 0. The summed E-state index contributed by atoms with van der Waals surface area (Å²) in [5, 5.41) is 0. The zero-order chi connectivity index (χ0) is 7.61. The Morgan fingerprint density at radius 3 is 1.90 bits per heavy atom. The summed E-state index contributed by atoms with van der Waals surface area (Å²) in [7, 11) is -3.74. The monoisotopic (exact) mass is 168 g/mol. The van der Waals surface area contributed by atoms with Gasteiger partial charge < -0.3 is 4.74 Å². The van der Waals surface area contributed by atoms with Crippen LogP contribution in [0.3, 0.4) is 0 Å². The Kier molecular flexibility index (Phi) is 2.57. The molecule has 1 aliphatic rings. The second kappa shape index (κ2) is 3.09. The molecule has 0 aromatic carbocycles. The molecular weight excluding hydrogens is 157 g/mol. The van der Waals surface area contributed by atoms with Gasteiger partial charge in [0.1, 0.15) is 0 Å². The molecule has 60 valence electrons. The number of morpholine rings is 1. The first-order valence-corrected chi connectivity index (χ1v) is 4.61. The second-order valence-electron chi connectivity index (χ2n) is 2.10. The van der Waals surface area contributed by atoms with Crippen LogP contribution in [0.25, 0.3) is 0 Å². The largest absolute Gasteiger partial charge is 0.496 e. The van der Waals surface area contributed by atoms with Crippen LogP contribution in [0.2, 0.25) is 0 Å². The van der Waals surface area contributed by atoms with Crippen LogP contribution in [0.1, 0.15) is 0 Å². The van der Waals surface area contributed by atoms with Gasteiger partial charge in [0.15, 0.2) is 0 Å². The van der Waals surface area contributed by atoms with E-state index in [-0.39, 0.29) is 0 Å². The molecule has 0 radical (unpaired) electrons. The van der Waals surface area contributed by atoms with Gasteiger partial charge in [0.2, 0.25) is 0 Å². The Morgan fingerprint density at radius 1 is 1.10 bits per heavy atom. The van der Waals surface area contributed by atoms with Crippen molar-refractivity contribution in [3.8, 4) is 0 Å². The highest BCUT2D eigenvalue weighted by atomic mass is 31.2. The summed E-state index contributed by atoms with van der Waals surface area (Å²) in [6.07, 6.45) is 0. The Labute approximate surface area is 59.5 Å². The summed E-state index contributed by atoms with van der Waals surface area (Å²) in [6.45, 7) is 1.67. The third-order valence-electron chi connectivity index (χ3n) is 1.37. The topological polar surface area (TPSA) is 73.2 Å². The number of nitrogens with zero attached hydrogens (tertiary/aromatic N) is 1. The minimum absolute atomic E-state index is 0.386. The van der Waals surface area contributed by atoms with Crippen LogP contribution in [-0.2, 0) is 4.74 Å². The Balaban J connectivity index is 2.39.